The van der Waals surface area contributed by atoms with E-state index < -0.39 is 0 Å². The van der Waals surface area contributed by atoms with Gasteiger partial charge < -0.3 is 15.5 Å². The van der Waals surface area contributed by atoms with Crippen molar-refractivity contribution in [2.45, 2.75) is 6.92 Å². The number of nitrogens with two attached hydrogens (primary N) is 1. The van der Waals surface area contributed by atoms with Crippen LogP contribution in [-0.4, -0.2) is 53.9 Å². The lowest BCUT2D eigenvalue weighted by atomic mass is 10.1. The highest BCUT2D eigenvalue weighted by atomic mass is 16.1. The zero-order valence-corrected chi connectivity index (χ0v) is 13.5. The molecule has 1 fully saturated rings. The van der Waals surface area contributed by atoms with Gasteiger partial charge in [0.25, 0.3) is 0 Å². The van der Waals surface area contributed by atoms with Gasteiger partial charge in [0, 0.05) is 37.3 Å². The molecule has 2 heterocycles. The summed E-state index contributed by atoms with van der Waals surface area (Å²) in [6.45, 7) is 5.35. The van der Waals surface area contributed by atoms with Crippen molar-refractivity contribution >= 4 is 17.3 Å². The van der Waals surface area contributed by atoms with Crippen molar-refractivity contribution in [2.24, 2.45) is 0 Å². The van der Waals surface area contributed by atoms with E-state index in [2.05, 4.69) is 26.8 Å². The molecule has 2 N–H and O–H groups in total. The van der Waals surface area contributed by atoms with E-state index in [0.29, 0.717) is 16.9 Å². The van der Waals surface area contributed by atoms with Gasteiger partial charge in [-0.3, -0.25) is 4.79 Å². The average Bonchev–Trinajstić information content (AvgIpc) is 2.56. The van der Waals surface area contributed by atoms with E-state index in [4.69, 9.17) is 5.73 Å². The van der Waals surface area contributed by atoms with Crippen molar-refractivity contribution in [3.63, 3.8) is 0 Å². The third-order valence-corrected chi connectivity index (χ3v) is 4.23. The number of likely N-dealkylation sites (N-methyl/N-ethyl adjacent to an activating group) is 1. The van der Waals surface area contributed by atoms with Crippen molar-refractivity contribution in [1.82, 2.24) is 14.9 Å². The molecule has 1 aliphatic rings. The maximum absolute atomic E-state index is 11.4. The Balaban J connectivity index is 1.91. The predicted octanol–water partition coefficient (Wildman–Crippen LogP) is 1.68. The van der Waals surface area contributed by atoms with Gasteiger partial charge >= 0.3 is 0 Å². The van der Waals surface area contributed by atoms with Crippen LogP contribution < -0.4 is 10.6 Å². The minimum absolute atomic E-state index is 0.0466. The Kier molecular flexibility index (Phi) is 4.25. The maximum atomic E-state index is 11.4. The van der Waals surface area contributed by atoms with Gasteiger partial charge in [-0.25, -0.2) is 9.97 Å². The summed E-state index contributed by atoms with van der Waals surface area (Å²) in [6, 6.07) is 7.36. The average molecular weight is 311 g/mol. The SMILES string of the molecule is CC(=O)c1ccc(-c2ncnc(N3CCN(C)CC3)c2N)cc1. The van der Waals surface area contributed by atoms with Gasteiger partial charge in [-0.2, -0.15) is 0 Å². The Hall–Kier alpha value is -2.47. The number of nitrogens with zero attached hydrogens (tertiary/aromatic N) is 4. The quantitative estimate of drug-likeness (QED) is 0.869. The van der Waals surface area contributed by atoms with Crippen molar-refractivity contribution in [1.29, 1.82) is 0 Å². The molecular formula is C17H21N5O. The molecule has 0 atom stereocenters. The largest absolute Gasteiger partial charge is 0.394 e. The number of hydrogen-bond acceptors (Lipinski definition) is 6. The Morgan fingerprint density at radius 2 is 1.74 bits per heavy atom. The molecule has 0 amide bonds. The van der Waals surface area contributed by atoms with E-state index in [9.17, 15) is 4.79 Å². The number of ketones is 1. The first kappa shape index (κ1) is 15.4. The first-order chi connectivity index (χ1) is 11.1. The van der Waals surface area contributed by atoms with Gasteiger partial charge in [0.2, 0.25) is 0 Å². The van der Waals surface area contributed by atoms with E-state index in [1.54, 1.807) is 25.4 Å². The number of nitrogen functional groups attached to an aromatic ring is 1. The van der Waals surface area contributed by atoms with Crippen LogP contribution in [0.4, 0.5) is 11.5 Å². The van der Waals surface area contributed by atoms with Crippen LogP contribution in [0.1, 0.15) is 17.3 Å². The standard InChI is InChI=1S/C17H21N5O/c1-12(23)13-3-5-14(6-4-13)16-15(18)17(20-11-19-16)22-9-7-21(2)8-10-22/h3-6,11H,7-10,18H2,1-2H3. The summed E-state index contributed by atoms with van der Waals surface area (Å²) in [7, 11) is 2.11. The minimum atomic E-state index is 0.0466. The highest BCUT2D eigenvalue weighted by Crippen LogP contribution is 2.30. The molecular weight excluding hydrogens is 290 g/mol. The zero-order valence-electron chi connectivity index (χ0n) is 13.5. The summed E-state index contributed by atoms with van der Waals surface area (Å²) < 4.78 is 0. The van der Waals surface area contributed by atoms with E-state index in [1.807, 2.05) is 12.1 Å². The monoisotopic (exact) mass is 311 g/mol. The van der Waals surface area contributed by atoms with Crippen molar-refractivity contribution in [2.75, 3.05) is 43.9 Å². The van der Waals surface area contributed by atoms with E-state index >= 15 is 0 Å². The highest BCUT2D eigenvalue weighted by molar-refractivity contribution is 5.94. The molecule has 0 bridgehead atoms. The van der Waals surface area contributed by atoms with Crippen LogP contribution >= 0.6 is 0 Å². The number of carbonyl (C=O) groups excluding carboxylic acids is 1. The highest BCUT2D eigenvalue weighted by Gasteiger charge is 2.20. The Morgan fingerprint density at radius 1 is 1.09 bits per heavy atom. The lowest BCUT2D eigenvalue weighted by Gasteiger charge is -2.33. The van der Waals surface area contributed by atoms with Crippen LogP contribution in [0.25, 0.3) is 11.3 Å². The van der Waals surface area contributed by atoms with Gasteiger partial charge in [0.15, 0.2) is 11.6 Å². The van der Waals surface area contributed by atoms with Gasteiger partial charge in [0.05, 0.1) is 5.69 Å². The molecule has 1 aromatic carbocycles. The Bertz CT molecular complexity index is 705. The fraction of sp³-hybridized carbons (Fsp3) is 0.353. The zero-order chi connectivity index (χ0) is 16.4. The summed E-state index contributed by atoms with van der Waals surface area (Å²) in [5, 5.41) is 0. The molecule has 2 aromatic rings. The van der Waals surface area contributed by atoms with Gasteiger partial charge in [0.1, 0.15) is 12.0 Å². The molecule has 23 heavy (non-hydrogen) atoms. The normalized spacial score (nSPS) is 15.7. The van der Waals surface area contributed by atoms with Crippen molar-refractivity contribution < 1.29 is 4.79 Å². The Morgan fingerprint density at radius 3 is 2.35 bits per heavy atom. The van der Waals surface area contributed by atoms with Gasteiger partial charge in [-0.15, -0.1) is 0 Å². The molecule has 3 rings (SSSR count). The molecule has 1 saturated heterocycles. The van der Waals surface area contributed by atoms with Gasteiger partial charge in [-0.1, -0.05) is 24.3 Å². The van der Waals surface area contributed by atoms with E-state index in [0.717, 1.165) is 37.6 Å². The minimum Gasteiger partial charge on any atom is -0.394 e. The van der Waals surface area contributed by atoms with E-state index in [-0.39, 0.29) is 5.78 Å². The fourth-order valence-electron chi connectivity index (χ4n) is 2.75. The molecule has 120 valence electrons. The molecule has 0 unspecified atom stereocenters. The third kappa shape index (κ3) is 3.17. The topological polar surface area (TPSA) is 75.4 Å². The lowest BCUT2D eigenvalue weighted by molar-refractivity contribution is 0.101. The maximum Gasteiger partial charge on any atom is 0.159 e. The first-order valence-electron chi connectivity index (χ1n) is 7.71. The molecule has 1 aliphatic heterocycles. The molecule has 0 radical (unpaired) electrons. The molecule has 1 aromatic heterocycles. The summed E-state index contributed by atoms with van der Waals surface area (Å²) in [6.07, 6.45) is 1.55. The molecule has 0 aliphatic carbocycles. The lowest BCUT2D eigenvalue weighted by Crippen LogP contribution is -2.45. The van der Waals surface area contributed by atoms with Crippen LogP contribution in [0.15, 0.2) is 30.6 Å². The molecule has 0 spiro atoms. The smallest absolute Gasteiger partial charge is 0.159 e. The predicted molar refractivity (Wildman–Crippen MR) is 91.6 cm³/mol. The van der Waals surface area contributed by atoms with Crippen LogP contribution in [0, 0.1) is 0 Å². The second-order valence-electron chi connectivity index (χ2n) is 5.88. The number of piperazine rings is 1. The number of Topliss-reactive ketones (excluding diaryl/α,β-unsaturated/α-hetero) is 1. The number of aromatic nitrogens is 2. The number of hydrogen-bond donors (Lipinski definition) is 1. The van der Waals surface area contributed by atoms with Crippen LogP contribution in [-0.2, 0) is 0 Å². The number of anilines is 2. The third-order valence-electron chi connectivity index (χ3n) is 4.23. The van der Waals surface area contributed by atoms with Crippen molar-refractivity contribution in [3.8, 4) is 11.3 Å². The summed E-state index contributed by atoms with van der Waals surface area (Å²) in [5.41, 5.74) is 9.21. The number of benzene rings is 1. The molecule has 0 saturated carbocycles. The van der Waals surface area contributed by atoms with Crippen LogP contribution in [0.2, 0.25) is 0 Å². The molecule has 6 heteroatoms. The second-order valence-corrected chi connectivity index (χ2v) is 5.88. The number of rotatable bonds is 3. The van der Waals surface area contributed by atoms with Crippen LogP contribution in [0.3, 0.4) is 0 Å². The summed E-state index contributed by atoms with van der Waals surface area (Å²) in [4.78, 5) is 24.6. The van der Waals surface area contributed by atoms with Crippen LogP contribution in [0.5, 0.6) is 0 Å². The van der Waals surface area contributed by atoms with Crippen molar-refractivity contribution in [3.05, 3.63) is 36.2 Å². The first-order valence-corrected chi connectivity index (χ1v) is 7.71. The fourth-order valence-corrected chi connectivity index (χ4v) is 2.75. The number of carbonyl (C=O) groups is 1. The molecule has 6 nitrogen and oxygen atoms in total. The second kappa shape index (κ2) is 6.34. The summed E-state index contributed by atoms with van der Waals surface area (Å²) >= 11 is 0. The Labute approximate surface area is 135 Å². The summed E-state index contributed by atoms with van der Waals surface area (Å²) in [5.74, 6) is 0.837. The van der Waals surface area contributed by atoms with E-state index in [1.165, 1.54) is 0 Å². The van der Waals surface area contributed by atoms with Gasteiger partial charge in [-0.05, 0) is 14.0 Å².